The van der Waals surface area contributed by atoms with Crippen LogP contribution in [-0.4, -0.2) is 111 Å². The van der Waals surface area contributed by atoms with E-state index >= 15 is 0 Å². The van der Waals surface area contributed by atoms with Crippen molar-refractivity contribution < 1.29 is 54.4 Å². The summed E-state index contributed by atoms with van der Waals surface area (Å²) in [5.41, 5.74) is 0.806. The van der Waals surface area contributed by atoms with Crippen molar-refractivity contribution in [2.24, 2.45) is 0 Å². The monoisotopic (exact) mass is 473 g/mol. The minimum absolute atomic E-state index is 0.0859. The van der Waals surface area contributed by atoms with E-state index in [9.17, 15) is 35.4 Å². The van der Waals surface area contributed by atoms with Crippen molar-refractivity contribution >= 4 is 5.91 Å². The number of amides is 1. The fourth-order valence-electron chi connectivity index (χ4n) is 3.85. The maximum absolute atomic E-state index is 11.9. The van der Waals surface area contributed by atoms with Crippen LogP contribution in [0.3, 0.4) is 0 Å². The summed E-state index contributed by atoms with van der Waals surface area (Å²) in [7, 11) is 0. The second-order valence-corrected chi connectivity index (χ2v) is 8.04. The highest BCUT2D eigenvalue weighted by Gasteiger charge is 2.51. The summed E-state index contributed by atoms with van der Waals surface area (Å²) in [5, 5.41) is 62.8. The highest BCUT2D eigenvalue weighted by atomic mass is 16.7. The number of hydrogen-bond acceptors (Lipinski definition) is 11. The Labute approximate surface area is 190 Å². The Bertz CT molecular complexity index is 751. The number of benzene rings is 1. The molecular formula is C21H31NO11. The van der Waals surface area contributed by atoms with Gasteiger partial charge in [-0.15, -0.1) is 0 Å². The zero-order chi connectivity index (χ0) is 24.1. The normalized spacial score (nSPS) is 39.2. The molecule has 2 saturated heterocycles. The molecule has 0 saturated carbocycles. The zero-order valence-electron chi connectivity index (χ0n) is 18.0. The van der Waals surface area contributed by atoms with Gasteiger partial charge in [-0.25, -0.2) is 0 Å². The van der Waals surface area contributed by atoms with Crippen LogP contribution in [0.5, 0.6) is 0 Å². The third-order valence-electron chi connectivity index (χ3n) is 5.62. The number of aliphatic hydroxyl groups excluding tert-OH is 6. The second-order valence-electron chi connectivity index (χ2n) is 8.04. The standard InChI is InChI=1S/C21H31NO11/c1-10(25)22-14-19(33-21-18(29)17(28)15(26)12(7-23)32-21)16(27)13(8-24)31-20(14)30-9-11-5-3-2-4-6-11/h2-6,12-21,23-24,26-29H,7-9H2,1H3,(H,22,25)/t12-,13-,14-,15+,16-,17+,18-,19-,20+,21+/m1/s1. The molecule has 12 heteroatoms. The first-order valence-corrected chi connectivity index (χ1v) is 10.6. The van der Waals surface area contributed by atoms with Crippen molar-refractivity contribution in [2.75, 3.05) is 13.2 Å². The highest BCUT2D eigenvalue weighted by Crippen LogP contribution is 2.30. The predicted molar refractivity (Wildman–Crippen MR) is 109 cm³/mol. The lowest BCUT2D eigenvalue weighted by molar-refractivity contribution is -0.345. The quantitative estimate of drug-likeness (QED) is 0.203. The molecule has 0 spiro atoms. The van der Waals surface area contributed by atoms with E-state index in [0.717, 1.165) is 5.56 Å². The zero-order valence-corrected chi connectivity index (χ0v) is 18.0. The fraction of sp³-hybridized carbons (Fsp3) is 0.667. The Morgan fingerprint density at radius 2 is 1.52 bits per heavy atom. The van der Waals surface area contributed by atoms with Crippen LogP contribution in [0.4, 0.5) is 0 Å². The number of nitrogens with one attached hydrogen (secondary N) is 1. The first-order chi connectivity index (χ1) is 15.8. The molecule has 1 aromatic rings. The molecule has 0 aliphatic carbocycles. The highest BCUT2D eigenvalue weighted by molar-refractivity contribution is 5.73. The summed E-state index contributed by atoms with van der Waals surface area (Å²) >= 11 is 0. The van der Waals surface area contributed by atoms with Crippen LogP contribution in [0, 0.1) is 0 Å². The van der Waals surface area contributed by atoms with E-state index in [4.69, 9.17) is 18.9 Å². The Morgan fingerprint density at radius 3 is 2.12 bits per heavy atom. The lowest BCUT2D eigenvalue weighted by Crippen LogP contribution is -2.68. The smallest absolute Gasteiger partial charge is 0.217 e. The lowest BCUT2D eigenvalue weighted by Gasteiger charge is -2.47. The maximum Gasteiger partial charge on any atom is 0.217 e. The van der Waals surface area contributed by atoms with E-state index in [1.807, 2.05) is 30.3 Å². The average molecular weight is 473 g/mol. The van der Waals surface area contributed by atoms with Gasteiger partial charge in [-0.3, -0.25) is 4.79 Å². The van der Waals surface area contributed by atoms with E-state index in [0.29, 0.717) is 0 Å². The molecule has 3 rings (SSSR count). The summed E-state index contributed by atoms with van der Waals surface area (Å²) < 4.78 is 22.6. The van der Waals surface area contributed by atoms with Gasteiger partial charge in [0.25, 0.3) is 0 Å². The summed E-state index contributed by atoms with van der Waals surface area (Å²) in [5.74, 6) is -0.492. The fourth-order valence-corrected chi connectivity index (χ4v) is 3.85. The number of carbonyl (C=O) groups is 1. The molecule has 7 N–H and O–H groups in total. The van der Waals surface area contributed by atoms with Crippen LogP contribution in [0.25, 0.3) is 0 Å². The minimum Gasteiger partial charge on any atom is -0.394 e. The van der Waals surface area contributed by atoms with Crippen LogP contribution >= 0.6 is 0 Å². The molecule has 0 unspecified atom stereocenters. The van der Waals surface area contributed by atoms with E-state index in [1.165, 1.54) is 6.92 Å². The largest absolute Gasteiger partial charge is 0.394 e. The SMILES string of the molecule is CC(=O)N[C@H]1[C@@H](OCc2ccccc2)O[C@H](CO)[C@@H](O)[C@@H]1O[C@@H]1O[C@H](CO)[C@H](O)[C@H](O)[C@H]1O. The third kappa shape index (κ3) is 6.05. The van der Waals surface area contributed by atoms with Gasteiger partial charge in [0.15, 0.2) is 12.6 Å². The molecule has 2 aliphatic heterocycles. The summed E-state index contributed by atoms with van der Waals surface area (Å²) in [6.07, 6.45) is -13.0. The average Bonchev–Trinajstić information content (AvgIpc) is 2.81. The van der Waals surface area contributed by atoms with Crippen molar-refractivity contribution in [2.45, 2.75) is 74.9 Å². The number of ether oxygens (including phenoxy) is 4. The van der Waals surface area contributed by atoms with Gasteiger partial charge in [0.05, 0.1) is 19.8 Å². The Kier molecular flexibility index (Phi) is 9.12. The third-order valence-corrected chi connectivity index (χ3v) is 5.62. The van der Waals surface area contributed by atoms with Crippen LogP contribution in [0.15, 0.2) is 30.3 Å². The minimum atomic E-state index is -1.73. The molecule has 2 fully saturated rings. The molecule has 0 bridgehead atoms. The van der Waals surface area contributed by atoms with Crippen LogP contribution in [-0.2, 0) is 30.3 Å². The molecule has 33 heavy (non-hydrogen) atoms. The van der Waals surface area contributed by atoms with Gasteiger partial charge < -0.3 is 54.9 Å². The van der Waals surface area contributed by atoms with Gasteiger partial charge in [-0.05, 0) is 5.56 Å². The van der Waals surface area contributed by atoms with Gasteiger partial charge in [-0.2, -0.15) is 0 Å². The summed E-state index contributed by atoms with van der Waals surface area (Å²) in [6.45, 7) is 0.0539. The molecular weight excluding hydrogens is 442 g/mol. The summed E-state index contributed by atoms with van der Waals surface area (Å²) in [4.78, 5) is 11.9. The molecule has 2 aliphatic rings. The van der Waals surface area contributed by atoms with Crippen molar-refractivity contribution in [3.05, 3.63) is 35.9 Å². The van der Waals surface area contributed by atoms with Crippen molar-refractivity contribution in [3.8, 4) is 0 Å². The molecule has 1 amide bonds. The molecule has 10 atom stereocenters. The van der Waals surface area contributed by atoms with E-state index in [2.05, 4.69) is 5.32 Å². The van der Waals surface area contributed by atoms with E-state index < -0.39 is 80.5 Å². The number of aliphatic hydroxyl groups is 6. The van der Waals surface area contributed by atoms with Gasteiger partial charge >= 0.3 is 0 Å². The van der Waals surface area contributed by atoms with E-state index in [-0.39, 0.29) is 6.61 Å². The molecule has 2 heterocycles. The number of carbonyl (C=O) groups excluding carboxylic acids is 1. The predicted octanol–water partition coefficient (Wildman–Crippen LogP) is -3.03. The van der Waals surface area contributed by atoms with Crippen LogP contribution < -0.4 is 5.32 Å². The van der Waals surface area contributed by atoms with Gasteiger partial charge in [0, 0.05) is 6.92 Å². The van der Waals surface area contributed by atoms with Gasteiger partial charge in [-0.1, -0.05) is 30.3 Å². The topological polar surface area (TPSA) is 187 Å². The first kappa shape index (κ1) is 25.9. The van der Waals surface area contributed by atoms with E-state index in [1.54, 1.807) is 0 Å². The lowest BCUT2D eigenvalue weighted by atomic mass is 9.95. The second kappa shape index (κ2) is 11.6. The van der Waals surface area contributed by atoms with Crippen LogP contribution in [0.1, 0.15) is 12.5 Å². The van der Waals surface area contributed by atoms with Gasteiger partial charge in [0.2, 0.25) is 5.91 Å². The van der Waals surface area contributed by atoms with Crippen molar-refractivity contribution in [1.29, 1.82) is 0 Å². The Hall–Kier alpha value is -1.71. The van der Waals surface area contributed by atoms with Crippen molar-refractivity contribution in [1.82, 2.24) is 5.32 Å². The van der Waals surface area contributed by atoms with Gasteiger partial charge in [0.1, 0.15) is 48.8 Å². The number of hydrogen-bond donors (Lipinski definition) is 7. The molecule has 0 radical (unpaired) electrons. The van der Waals surface area contributed by atoms with Crippen molar-refractivity contribution in [3.63, 3.8) is 0 Å². The summed E-state index contributed by atoms with van der Waals surface area (Å²) in [6, 6.07) is 8.00. The Morgan fingerprint density at radius 1 is 0.909 bits per heavy atom. The number of rotatable bonds is 8. The Balaban J connectivity index is 1.82. The first-order valence-electron chi connectivity index (χ1n) is 10.6. The molecule has 1 aromatic carbocycles. The molecule has 12 nitrogen and oxygen atoms in total. The molecule has 186 valence electrons. The van der Waals surface area contributed by atoms with Crippen LogP contribution in [0.2, 0.25) is 0 Å². The maximum atomic E-state index is 11.9. The molecule has 0 aromatic heterocycles.